The molecule has 0 spiro atoms. The molecule has 0 saturated carbocycles. The molecule has 148 valence electrons. The molecule has 0 aliphatic heterocycles. The number of hydrogen-bond acceptors (Lipinski definition) is 3. The van der Waals surface area contributed by atoms with Crippen molar-refractivity contribution in [3.05, 3.63) is 81.6 Å². The van der Waals surface area contributed by atoms with E-state index in [2.05, 4.69) is 16.0 Å². The summed E-state index contributed by atoms with van der Waals surface area (Å²) in [6.07, 6.45) is 2.82. The minimum absolute atomic E-state index is 0.146. The zero-order chi connectivity index (χ0) is 20.4. The Labute approximate surface area is 173 Å². The zero-order valence-electron chi connectivity index (χ0n) is 16.0. The molecule has 29 heavy (non-hydrogen) atoms. The second-order valence-electron chi connectivity index (χ2n) is 7.13. The molecule has 0 atom stereocenters. The van der Waals surface area contributed by atoms with Crippen LogP contribution in [-0.2, 0) is 24.1 Å². The van der Waals surface area contributed by atoms with E-state index in [-0.39, 0.29) is 12.3 Å². The van der Waals surface area contributed by atoms with Crippen LogP contribution in [0.2, 0.25) is 5.02 Å². The number of fused-ring (bicyclic) bond motifs is 1. The summed E-state index contributed by atoms with van der Waals surface area (Å²) in [4.78, 5) is 24.9. The Morgan fingerprint density at radius 1 is 1.07 bits per heavy atom. The molecule has 0 unspecified atom stereocenters. The van der Waals surface area contributed by atoms with Gasteiger partial charge in [0.1, 0.15) is 0 Å². The van der Waals surface area contributed by atoms with Crippen LogP contribution in [0.25, 0.3) is 5.69 Å². The molecule has 0 fully saturated rings. The van der Waals surface area contributed by atoms with Gasteiger partial charge in [-0.3, -0.25) is 20.4 Å². The maximum Gasteiger partial charge on any atom is 0.290 e. The van der Waals surface area contributed by atoms with Gasteiger partial charge in [0.05, 0.1) is 12.1 Å². The zero-order valence-corrected chi connectivity index (χ0v) is 16.8. The minimum Gasteiger partial charge on any atom is -0.273 e. The number of nitrogens with zero attached hydrogens (tertiary/aromatic N) is 2. The van der Waals surface area contributed by atoms with Crippen LogP contribution >= 0.6 is 11.6 Å². The first-order valence-corrected chi connectivity index (χ1v) is 9.91. The third-order valence-electron chi connectivity index (χ3n) is 5.08. The topological polar surface area (TPSA) is 76.0 Å². The van der Waals surface area contributed by atoms with Crippen LogP contribution in [0.4, 0.5) is 0 Å². The third kappa shape index (κ3) is 4.03. The number of carbonyl (C=O) groups is 2. The fourth-order valence-electron chi connectivity index (χ4n) is 3.64. The first-order valence-electron chi connectivity index (χ1n) is 9.53. The van der Waals surface area contributed by atoms with Gasteiger partial charge in [0.25, 0.3) is 5.91 Å². The predicted molar refractivity (Wildman–Crippen MR) is 111 cm³/mol. The van der Waals surface area contributed by atoms with E-state index in [1.165, 1.54) is 0 Å². The Hall–Kier alpha value is -3.12. The lowest BCUT2D eigenvalue weighted by Crippen LogP contribution is -2.42. The molecule has 2 N–H and O–H groups in total. The average Bonchev–Trinajstić information content (AvgIpc) is 3.31. The molecule has 4 rings (SSSR count). The molecular formula is C22H21ClN4O2. The van der Waals surface area contributed by atoms with Crippen LogP contribution in [0.15, 0.2) is 48.5 Å². The molecule has 7 heteroatoms. The lowest BCUT2D eigenvalue weighted by Gasteiger charge is -2.09. The Kier molecular flexibility index (Phi) is 5.36. The Bertz CT molecular complexity index is 1070. The molecule has 3 aromatic rings. The average molecular weight is 409 g/mol. The summed E-state index contributed by atoms with van der Waals surface area (Å²) in [5.41, 5.74) is 10.2. The van der Waals surface area contributed by atoms with Crippen molar-refractivity contribution in [2.45, 2.75) is 32.6 Å². The number of rotatable bonds is 4. The van der Waals surface area contributed by atoms with E-state index in [0.29, 0.717) is 10.7 Å². The van der Waals surface area contributed by atoms with E-state index < -0.39 is 5.91 Å². The van der Waals surface area contributed by atoms with E-state index in [1.807, 2.05) is 35.9 Å². The van der Waals surface area contributed by atoms with Gasteiger partial charge < -0.3 is 0 Å². The van der Waals surface area contributed by atoms with Crippen LogP contribution < -0.4 is 10.9 Å². The summed E-state index contributed by atoms with van der Waals surface area (Å²) in [6, 6.07) is 15.0. The predicted octanol–water partition coefficient (Wildman–Crippen LogP) is 3.33. The van der Waals surface area contributed by atoms with E-state index in [1.54, 1.807) is 24.3 Å². The first-order chi connectivity index (χ1) is 14.0. The van der Waals surface area contributed by atoms with Crippen molar-refractivity contribution in [1.82, 2.24) is 20.6 Å². The Balaban J connectivity index is 1.48. The maximum absolute atomic E-state index is 12.7. The molecule has 1 heterocycles. The van der Waals surface area contributed by atoms with Crippen LogP contribution in [0.5, 0.6) is 0 Å². The van der Waals surface area contributed by atoms with Crippen LogP contribution in [0.3, 0.4) is 0 Å². The number of para-hydroxylation sites is 1. The third-order valence-corrected chi connectivity index (χ3v) is 5.33. The standard InChI is InChI=1S/C22H21ClN4O2/c1-14-5-2-3-7-18(14)27-19-8-4-6-17(19)21(26-27)22(29)25-24-20(28)13-15-9-11-16(23)12-10-15/h2-3,5,7,9-12H,4,6,8,13H2,1H3,(H,24,28)(H,25,29). The van der Waals surface area contributed by atoms with Crippen molar-refractivity contribution in [1.29, 1.82) is 0 Å². The van der Waals surface area contributed by atoms with Gasteiger partial charge in [-0.1, -0.05) is 41.9 Å². The second kappa shape index (κ2) is 8.09. The van der Waals surface area contributed by atoms with Crippen molar-refractivity contribution in [3.63, 3.8) is 0 Å². The summed E-state index contributed by atoms with van der Waals surface area (Å²) in [7, 11) is 0. The molecule has 0 bridgehead atoms. The number of carbonyl (C=O) groups excluding carboxylic acids is 2. The Morgan fingerprint density at radius 2 is 1.83 bits per heavy atom. The van der Waals surface area contributed by atoms with Gasteiger partial charge in [-0.25, -0.2) is 4.68 Å². The molecule has 1 aromatic heterocycles. The number of nitrogens with one attached hydrogen (secondary N) is 2. The van der Waals surface area contributed by atoms with Crippen molar-refractivity contribution in [2.24, 2.45) is 0 Å². The summed E-state index contributed by atoms with van der Waals surface area (Å²) in [6.45, 7) is 2.02. The summed E-state index contributed by atoms with van der Waals surface area (Å²) < 4.78 is 1.86. The molecule has 1 aliphatic rings. The normalized spacial score (nSPS) is 12.5. The van der Waals surface area contributed by atoms with Gasteiger partial charge in [-0.05, 0) is 55.5 Å². The largest absolute Gasteiger partial charge is 0.290 e. The summed E-state index contributed by atoms with van der Waals surface area (Å²) in [5.74, 6) is -0.712. The highest BCUT2D eigenvalue weighted by molar-refractivity contribution is 6.30. The monoisotopic (exact) mass is 408 g/mol. The molecular weight excluding hydrogens is 388 g/mol. The number of hydrazine groups is 1. The van der Waals surface area contributed by atoms with Crippen LogP contribution in [-0.4, -0.2) is 21.6 Å². The second-order valence-corrected chi connectivity index (χ2v) is 7.57. The van der Waals surface area contributed by atoms with Gasteiger partial charge in [0.15, 0.2) is 5.69 Å². The number of amides is 2. The molecule has 2 amide bonds. The molecule has 0 saturated heterocycles. The molecule has 0 radical (unpaired) electrons. The molecule has 2 aromatic carbocycles. The quantitative estimate of drug-likeness (QED) is 0.650. The van der Waals surface area contributed by atoms with E-state index in [0.717, 1.165) is 47.3 Å². The smallest absolute Gasteiger partial charge is 0.273 e. The maximum atomic E-state index is 12.7. The van der Waals surface area contributed by atoms with Crippen LogP contribution in [0, 0.1) is 6.92 Å². The highest BCUT2D eigenvalue weighted by atomic mass is 35.5. The van der Waals surface area contributed by atoms with Gasteiger partial charge in [-0.15, -0.1) is 0 Å². The van der Waals surface area contributed by atoms with Crippen molar-refractivity contribution in [2.75, 3.05) is 0 Å². The highest BCUT2D eigenvalue weighted by Gasteiger charge is 2.27. The Morgan fingerprint density at radius 3 is 2.59 bits per heavy atom. The fraction of sp³-hybridized carbons (Fsp3) is 0.227. The lowest BCUT2D eigenvalue weighted by atomic mass is 10.1. The van der Waals surface area contributed by atoms with Gasteiger partial charge >= 0.3 is 0 Å². The van der Waals surface area contributed by atoms with Gasteiger partial charge in [0.2, 0.25) is 5.91 Å². The lowest BCUT2D eigenvalue weighted by molar-refractivity contribution is -0.121. The summed E-state index contributed by atoms with van der Waals surface area (Å²) >= 11 is 5.85. The SMILES string of the molecule is Cc1ccccc1-n1nc(C(=O)NNC(=O)Cc2ccc(Cl)cc2)c2c1CCC2. The number of hydrogen-bond donors (Lipinski definition) is 2. The molecule has 6 nitrogen and oxygen atoms in total. The van der Waals surface area contributed by atoms with Crippen molar-refractivity contribution < 1.29 is 9.59 Å². The van der Waals surface area contributed by atoms with Crippen LogP contribution in [0.1, 0.15) is 39.3 Å². The van der Waals surface area contributed by atoms with E-state index >= 15 is 0 Å². The first kappa shape index (κ1) is 19.2. The minimum atomic E-state index is -0.403. The highest BCUT2D eigenvalue weighted by Crippen LogP contribution is 2.28. The molecule has 1 aliphatic carbocycles. The van der Waals surface area contributed by atoms with Gasteiger partial charge in [-0.2, -0.15) is 5.10 Å². The number of benzene rings is 2. The summed E-state index contributed by atoms with van der Waals surface area (Å²) in [5, 5.41) is 5.18. The fourth-order valence-corrected chi connectivity index (χ4v) is 3.76. The van der Waals surface area contributed by atoms with Crippen molar-refractivity contribution in [3.8, 4) is 5.69 Å². The van der Waals surface area contributed by atoms with E-state index in [4.69, 9.17) is 11.6 Å². The van der Waals surface area contributed by atoms with Gasteiger partial charge in [0, 0.05) is 16.3 Å². The number of halogens is 1. The van der Waals surface area contributed by atoms with E-state index in [9.17, 15) is 9.59 Å². The van der Waals surface area contributed by atoms with Crippen molar-refractivity contribution >= 4 is 23.4 Å². The number of aromatic nitrogens is 2. The number of aryl methyl sites for hydroxylation is 1.